The van der Waals surface area contributed by atoms with Crippen molar-refractivity contribution in [2.24, 2.45) is 5.41 Å². The molecule has 1 aliphatic carbocycles. The number of nitrogens with zero attached hydrogens (tertiary/aromatic N) is 2. The lowest BCUT2D eigenvalue weighted by Gasteiger charge is -2.30. The number of anilines is 1. The number of aromatic nitrogens is 1. The van der Waals surface area contributed by atoms with E-state index in [2.05, 4.69) is 5.32 Å². The molecule has 0 radical (unpaired) electrons. The summed E-state index contributed by atoms with van der Waals surface area (Å²) in [5.74, 6) is -1.61. The number of carbonyl (C=O) groups is 1. The van der Waals surface area contributed by atoms with Gasteiger partial charge in [-0.1, -0.05) is 20.8 Å². The molecule has 1 amide bonds. The zero-order chi connectivity index (χ0) is 18.4. The highest BCUT2D eigenvalue weighted by Gasteiger charge is 2.29. The molecule has 1 N–H and O–H groups in total. The Morgan fingerprint density at radius 2 is 2.04 bits per heavy atom. The minimum Gasteiger partial charge on any atom is -0.322 e. The lowest BCUT2D eigenvalue weighted by molar-refractivity contribution is -0.117. The first-order chi connectivity index (χ1) is 11.7. The normalized spacial score (nSPS) is 15.0. The molecule has 0 aliphatic heterocycles. The van der Waals surface area contributed by atoms with Crippen LogP contribution in [0.2, 0.25) is 0 Å². The number of benzene rings is 1. The third kappa shape index (κ3) is 3.23. The van der Waals surface area contributed by atoms with Gasteiger partial charge >= 0.3 is 0 Å². The highest BCUT2D eigenvalue weighted by Crippen LogP contribution is 2.41. The van der Waals surface area contributed by atoms with Crippen molar-refractivity contribution in [3.63, 3.8) is 0 Å². The summed E-state index contributed by atoms with van der Waals surface area (Å²) in [6, 6.07) is 4.25. The van der Waals surface area contributed by atoms with Crippen molar-refractivity contribution in [2.75, 3.05) is 5.32 Å². The first-order valence-corrected chi connectivity index (χ1v) is 8.44. The van der Waals surface area contributed by atoms with Gasteiger partial charge in [0.2, 0.25) is 5.91 Å². The Bertz CT molecular complexity index is 883. The molecule has 0 saturated heterocycles. The molecule has 1 heterocycles. The van der Waals surface area contributed by atoms with E-state index in [4.69, 9.17) is 5.26 Å². The summed E-state index contributed by atoms with van der Waals surface area (Å²) in [4.78, 5) is 12.3. The van der Waals surface area contributed by atoms with E-state index in [0.29, 0.717) is 5.52 Å². The smallest absolute Gasteiger partial charge is 0.226 e. The van der Waals surface area contributed by atoms with Crippen LogP contribution in [0.25, 0.3) is 10.9 Å². The van der Waals surface area contributed by atoms with E-state index < -0.39 is 11.6 Å². The van der Waals surface area contributed by atoms with Crippen molar-refractivity contribution in [1.29, 1.82) is 5.26 Å². The number of halogens is 2. The molecule has 0 unspecified atom stereocenters. The van der Waals surface area contributed by atoms with Crippen LogP contribution in [0.4, 0.5) is 14.6 Å². The zero-order valence-electron chi connectivity index (χ0n) is 14.6. The van der Waals surface area contributed by atoms with Crippen molar-refractivity contribution >= 4 is 22.6 Å². The summed E-state index contributed by atoms with van der Waals surface area (Å²) in [5.41, 5.74) is 0.0953. The molecule has 1 saturated carbocycles. The van der Waals surface area contributed by atoms with Crippen LogP contribution in [0.5, 0.6) is 0 Å². The predicted molar refractivity (Wildman–Crippen MR) is 92.2 cm³/mol. The van der Waals surface area contributed by atoms with Crippen LogP contribution in [-0.2, 0) is 4.79 Å². The number of fused-ring (bicyclic) bond motifs is 1. The van der Waals surface area contributed by atoms with Crippen molar-refractivity contribution in [3.8, 4) is 6.07 Å². The van der Waals surface area contributed by atoms with Gasteiger partial charge in [0.15, 0.2) is 11.6 Å². The fraction of sp³-hybridized carbons (Fsp3) is 0.474. The highest BCUT2D eigenvalue weighted by atomic mass is 19.1. The maximum absolute atomic E-state index is 14.9. The third-order valence-corrected chi connectivity index (χ3v) is 4.54. The number of amides is 1. The molecular weight excluding hydrogens is 324 g/mol. The molecule has 1 fully saturated rings. The van der Waals surface area contributed by atoms with Crippen LogP contribution in [0.3, 0.4) is 0 Å². The molecule has 3 rings (SSSR count). The molecular formula is C19H21F2N3O. The van der Waals surface area contributed by atoms with Crippen molar-refractivity contribution in [3.05, 3.63) is 29.3 Å². The molecule has 132 valence electrons. The molecule has 4 nitrogen and oxygen atoms in total. The molecule has 25 heavy (non-hydrogen) atoms. The van der Waals surface area contributed by atoms with Gasteiger partial charge in [-0.05, 0) is 36.8 Å². The second-order valence-corrected chi connectivity index (χ2v) is 7.86. The van der Waals surface area contributed by atoms with Gasteiger partial charge in [0.05, 0.1) is 11.1 Å². The second kappa shape index (κ2) is 6.14. The van der Waals surface area contributed by atoms with Crippen LogP contribution < -0.4 is 5.32 Å². The summed E-state index contributed by atoms with van der Waals surface area (Å²) >= 11 is 0. The van der Waals surface area contributed by atoms with Crippen molar-refractivity contribution in [2.45, 2.75) is 52.5 Å². The Morgan fingerprint density at radius 3 is 2.56 bits per heavy atom. The standard InChI is InChI=1S/C19H21F2N3O/c1-19(2,3)9-16(25)23-18-17(21)13-8-14(20)11(10-22)7-15(13)24(18)12-5-4-6-12/h7-8,12H,4-6,9H2,1-3H3,(H,23,25). The minimum absolute atomic E-state index is 0.0499. The van der Waals surface area contributed by atoms with Gasteiger partial charge in [-0.25, -0.2) is 8.78 Å². The maximum Gasteiger partial charge on any atom is 0.226 e. The number of carbonyl (C=O) groups excluding carboxylic acids is 1. The summed E-state index contributed by atoms with van der Waals surface area (Å²) in [5, 5.41) is 11.8. The van der Waals surface area contributed by atoms with E-state index in [1.807, 2.05) is 20.8 Å². The summed E-state index contributed by atoms with van der Waals surface area (Å²) in [6.07, 6.45) is 3.00. The Kier molecular flexibility index (Phi) is 4.28. The van der Waals surface area contributed by atoms with Gasteiger partial charge < -0.3 is 9.88 Å². The molecule has 1 aliphatic rings. The molecule has 2 aromatic rings. The van der Waals surface area contributed by atoms with Gasteiger partial charge in [0.25, 0.3) is 0 Å². The van der Waals surface area contributed by atoms with E-state index in [1.165, 1.54) is 6.07 Å². The van der Waals surface area contributed by atoms with Gasteiger partial charge in [-0.2, -0.15) is 5.26 Å². The number of nitrogens with one attached hydrogen (secondary N) is 1. The Morgan fingerprint density at radius 1 is 1.36 bits per heavy atom. The van der Waals surface area contributed by atoms with E-state index >= 15 is 0 Å². The zero-order valence-corrected chi connectivity index (χ0v) is 14.6. The molecule has 1 aromatic heterocycles. The van der Waals surface area contributed by atoms with Gasteiger partial charge in [-0.3, -0.25) is 4.79 Å². The molecule has 6 heteroatoms. The van der Waals surface area contributed by atoms with Crippen LogP contribution in [0, 0.1) is 28.4 Å². The number of hydrogen-bond donors (Lipinski definition) is 1. The fourth-order valence-electron chi connectivity index (χ4n) is 3.17. The Hall–Kier alpha value is -2.42. The van der Waals surface area contributed by atoms with Crippen molar-refractivity contribution in [1.82, 2.24) is 4.57 Å². The Balaban J connectivity index is 2.12. The van der Waals surface area contributed by atoms with E-state index in [9.17, 15) is 13.6 Å². The molecule has 0 atom stereocenters. The molecule has 1 aromatic carbocycles. The average Bonchev–Trinajstić information content (AvgIpc) is 2.68. The van der Waals surface area contributed by atoms with E-state index in [-0.39, 0.29) is 40.6 Å². The first-order valence-electron chi connectivity index (χ1n) is 8.44. The maximum atomic E-state index is 14.9. The van der Waals surface area contributed by atoms with E-state index in [0.717, 1.165) is 25.3 Å². The number of rotatable bonds is 3. The lowest BCUT2D eigenvalue weighted by atomic mass is 9.92. The van der Waals surface area contributed by atoms with E-state index in [1.54, 1.807) is 10.6 Å². The van der Waals surface area contributed by atoms with Gasteiger partial charge in [0.1, 0.15) is 11.9 Å². The second-order valence-electron chi connectivity index (χ2n) is 7.86. The minimum atomic E-state index is -0.757. The largest absolute Gasteiger partial charge is 0.322 e. The third-order valence-electron chi connectivity index (χ3n) is 4.54. The fourth-order valence-corrected chi connectivity index (χ4v) is 3.17. The first kappa shape index (κ1) is 17.4. The summed E-state index contributed by atoms with van der Waals surface area (Å²) in [7, 11) is 0. The molecule has 0 spiro atoms. The lowest BCUT2D eigenvalue weighted by Crippen LogP contribution is -2.24. The topological polar surface area (TPSA) is 57.8 Å². The quantitative estimate of drug-likeness (QED) is 0.861. The van der Waals surface area contributed by atoms with Crippen LogP contribution in [0.15, 0.2) is 12.1 Å². The Labute approximate surface area is 145 Å². The van der Waals surface area contributed by atoms with Gasteiger partial charge in [0, 0.05) is 17.8 Å². The average molecular weight is 345 g/mol. The van der Waals surface area contributed by atoms with Crippen molar-refractivity contribution < 1.29 is 13.6 Å². The summed E-state index contributed by atoms with van der Waals surface area (Å²) in [6.45, 7) is 5.79. The van der Waals surface area contributed by atoms with Crippen LogP contribution >= 0.6 is 0 Å². The predicted octanol–water partition coefficient (Wildman–Crippen LogP) is 4.89. The number of nitriles is 1. The number of hydrogen-bond acceptors (Lipinski definition) is 2. The monoisotopic (exact) mass is 345 g/mol. The SMILES string of the molecule is CC(C)(C)CC(=O)Nc1c(F)c2cc(F)c(C#N)cc2n1C1CCC1. The summed E-state index contributed by atoms with van der Waals surface area (Å²) < 4.78 is 30.6. The van der Waals surface area contributed by atoms with Crippen LogP contribution in [0.1, 0.15) is 58.1 Å². The molecule has 0 bridgehead atoms. The highest BCUT2D eigenvalue weighted by molar-refractivity contribution is 5.96. The van der Waals surface area contributed by atoms with Gasteiger partial charge in [-0.15, -0.1) is 0 Å². The van der Waals surface area contributed by atoms with Crippen LogP contribution in [-0.4, -0.2) is 10.5 Å².